The summed E-state index contributed by atoms with van der Waals surface area (Å²) in [5.74, 6) is -3.71. The molecule has 0 saturated heterocycles. The normalized spacial score (nSPS) is 17.6. The number of nitriles is 1. The van der Waals surface area contributed by atoms with Crippen molar-refractivity contribution >= 4 is 16.8 Å². The van der Waals surface area contributed by atoms with Gasteiger partial charge in [0, 0.05) is 23.7 Å². The van der Waals surface area contributed by atoms with Crippen molar-refractivity contribution in [3.05, 3.63) is 83.6 Å². The Morgan fingerprint density at radius 3 is 2.53 bits per heavy atom. The Balaban J connectivity index is 1.21. The van der Waals surface area contributed by atoms with Crippen LogP contribution >= 0.6 is 0 Å². The molecule has 6 nitrogen and oxygen atoms in total. The Hall–Kier alpha value is -4.25. The number of fused-ring (bicyclic) bond motifs is 1. The Labute approximate surface area is 206 Å². The number of benzene rings is 3. The van der Waals surface area contributed by atoms with E-state index in [1.54, 1.807) is 6.07 Å². The molecule has 0 atom stereocenters. The van der Waals surface area contributed by atoms with E-state index >= 15 is 0 Å². The number of phenolic OH excluding ortho intramolecular Hbond substituents is 1. The molecule has 182 valence electrons. The molecule has 0 aliphatic heterocycles. The van der Waals surface area contributed by atoms with Gasteiger partial charge in [-0.2, -0.15) is 10.4 Å². The van der Waals surface area contributed by atoms with E-state index in [1.807, 2.05) is 41.1 Å². The highest BCUT2D eigenvalue weighted by Crippen LogP contribution is 2.33. The maximum Gasteiger partial charge on any atom is 0.251 e. The summed E-state index contributed by atoms with van der Waals surface area (Å²) in [5, 5.41) is 27.2. The number of nitrogens with one attached hydrogen (secondary N) is 1. The van der Waals surface area contributed by atoms with E-state index in [2.05, 4.69) is 17.6 Å². The van der Waals surface area contributed by atoms with E-state index in [9.17, 15) is 23.9 Å². The first-order valence-corrected chi connectivity index (χ1v) is 11.9. The quantitative estimate of drug-likeness (QED) is 0.378. The van der Waals surface area contributed by atoms with Gasteiger partial charge in [-0.05, 0) is 67.0 Å². The van der Waals surface area contributed by atoms with E-state index in [0.717, 1.165) is 59.8 Å². The van der Waals surface area contributed by atoms with Gasteiger partial charge in [0.2, 0.25) is 0 Å². The zero-order chi connectivity index (χ0) is 25.2. The maximum atomic E-state index is 13.5. The summed E-state index contributed by atoms with van der Waals surface area (Å²) in [5.41, 5.74) is 3.19. The minimum atomic E-state index is -1.16. The van der Waals surface area contributed by atoms with Crippen LogP contribution in [0.2, 0.25) is 0 Å². The van der Waals surface area contributed by atoms with Gasteiger partial charge in [0.05, 0.1) is 23.2 Å². The Morgan fingerprint density at radius 1 is 1.08 bits per heavy atom. The lowest BCUT2D eigenvalue weighted by molar-refractivity contribution is 0.0940. The van der Waals surface area contributed by atoms with Crippen molar-refractivity contribution < 1.29 is 18.7 Å². The number of phenols is 1. The van der Waals surface area contributed by atoms with Crippen LogP contribution in [0.4, 0.5) is 8.78 Å². The van der Waals surface area contributed by atoms with Crippen LogP contribution in [0.1, 0.15) is 47.6 Å². The highest BCUT2D eigenvalue weighted by Gasteiger charge is 2.24. The number of halogens is 2. The monoisotopic (exact) mass is 486 g/mol. The zero-order valence-electron chi connectivity index (χ0n) is 19.4. The van der Waals surface area contributed by atoms with Crippen molar-refractivity contribution in [2.45, 2.75) is 31.7 Å². The van der Waals surface area contributed by atoms with E-state index in [-0.39, 0.29) is 17.5 Å². The molecule has 0 bridgehead atoms. The molecule has 5 rings (SSSR count). The molecule has 3 aromatic carbocycles. The average Bonchev–Trinajstić information content (AvgIpc) is 3.33. The van der Waals surface area contributed by atoms with Crippen molar-refractivity contribution in [1.82, 2.24) is 15.1 Å². The minimum absolute atomic E-state index is 0.156. The molecule has 8 heteroatoms. The van der Waals surface area contributed by atoms with Crippen LogP contribution in [-0.4, -0.2) is 27.3 Å². The Bertz CT molecular complexity index is 1460. The highest BCUT2D eigenvalue weighted by molar-refractivity contribution is 5.94. The van der Waals surface area contributed by atoms with E-state index in [4.69, 9.17) is 5.10 Å². The molecule has 2 N–H and O–H groups in total. The average molecular weight is 487 g/mol. The summed E-state index contributed by atoms with van der Waals surface area (Å²) in [4.78, 5) is 12.3. The third-order valence-corrected chi connectivity index (χ3v) is 6.90. The second-order valence-electron chi connectivity index (χ2n) is 9.21. The van der Waals surface area contributed by atoms with Crippen LogP contribution in [0.15, 0.2) is 60.8 Å². The summed E-state index contributed by atoms with van der Waals surface area (Å²) in [6.45, 7) is 0.415. The molecule has 1 aliphatic rings. The summed E-state index contributed by atoms with van der Waals surface area (Å²) < 4.78 is 29.1. The van der Waals surface area contributed by atoms with Crippen LogP contribution in [0.5, 0.6) is 5.75 Å². The van der Waals surface area contributed by atoms with Gasteiger partial charge in [0.1, 0.15) is 0 Å². The first-order chi connectivity index (χ1) is 17.4. The van der Waals surface area contributed by atoms with Crippen LogP contribution in [0.25, 0.3) is 22.0 Å². The molecule has 0 spiro atoms. The highest BCUT2D eigenvalue weighted by atomic mass is 19.1. The van der Waals surface area contributed by atoms with Crippen LogP contribution < -0.4 is 5.32 Å². The molecule has 1 heterocycles. The first kappa shape index (κ1) is 23.5. The second kappa shape index (κ2) is 9.78. The van der Waals surface area contributed by atoms with Crippen molar-refractivity contribution in [2.24, 2.45) is 5.92 Å². The predicted octanol–water partition coefficient (Wildman–Crippen LogP) is 5.72. The number of aromatic nitrogens is 2. The number of aromatic hydroxyl groups is 1. The summed E-state index contributed by atoms with van der Waals surface area (Å²) in [6.07, 6.45) is 5.64. The molecule has 0 radical (unpaired) electrons. The molecular formula is C28H24F2N4O2. The Kier molecular flexibility index (Phi) is 6.38. The lowest BCUT2D eigenvalue weighted by Crippen LogP contribution is -2.31. The zero-order valence-corrected chi connectivity index (χ0v) is 19.4. The summed E-state index contributed by atoms with van der Waals surface area (Å²) in [6, 6.07) is 17.7. The number of hydrogen-bond donors (Lipinski definition) is 2. The molecule has 0 unspecified atom stereocenters. The molecule has 1 aliphatic carbocycles. The summed E-state index contributed by atoms with van der Waals surface area (Å²) >= 11 is 0. The topological polar surface area (TPSA) is 90.9 Å². The minimum Gasteiger partial charge on any atom is -0.503 e. The van der Waals surface area contributed by atoms with Crippen molar-refractivity contribution in [2.75, 3.05) is 6.54 Å². The molecule has 1 amide bonds. The van der Waals surface area contributed by atoms with Gasteiger partial charge in [0.15, 0.2) is 17.4 Å². The van der Waals surface area contributed by atoms with Gasteiger partial charge in [0.25, 0.3) is 5.91 Å². The smallest absolute Gasteiger partial charge is 0.251 e. The second-order valence-corrected chi connectivity index (χ2v) is 9.21. The van der Waals surface area contributed by atoms with Gasteiger partial charge in [-0.1, -0.05) is 30.3 Å². The molecule has 4 aromatic rings. The van der Waals surface area contributed by atoms with Gasteiger partial charge >= 0.3 is 0 Å². The largest absolute Gasteiger partial charge is 0.503 e. The van der Waals surface area contributed by atoms with Crippen molar-refractivity contribution in [3.8, 4) is 22.9 Å². The number of amides is 1. The fourth-order valence-electron chi connectivity index (χ4n) is 4.87. The number of carbonyl (C=O) groups excluding carboxylic acids is 1. The molecule has 1 saturated carbocycles. The Morgan fingerprint density at radius 2 is 1.81 bits per heavy atom. The molecule has 36 heavy (non-hydrogen) atoms. The van der Waals surface area contributed by atoms with E-state index in [0.29, 0.717) is 12.1 Å². The van der Waals surface area contributed by atoms with Gasteiger partial charge < -0.3 is 10.4 Å². The molecular weight excluding hydrogens is 462 g/mol. The number of nitrogens with zero attached hydrogens (tertiary/aromatic N) is 3. The number of carbonyl (C=O) groups is 1. The lowest BCUT2D eigenvalue weighted by Gasteiger charge is -2.28. The van der Waals surface area contributed by atoms with Crippen molar-refractivity contribution in [3.63, 3.8) is 0 Å². The van der Waals surface area contributed by atoms with Crippen molar-refractivity contribution in [1.29, 1.82) is 5.26 Å². The van der Waals surface area contributed by atoms with Crippen LogP contribution in [0, 0.1) is 28.9 Å². The molecule has 1 fully saturated rings. The van der Waals surface area contributed by atoms with E-state index < -0.39 is 23.3 Å². The number of rotatable bonds is 5. The summed E-state index contributed by atoms with van der Waals surface area (Å²) in [7, 11) is 0. The van der Waals surface area contributed by atoms with E-state index in [1.165, 1.54) is 0 Å². The third kappa shape index (κ3) is 4.65. The van der Waals surface area contributed by atoms with Gasteiger partial charge in [-0.25, -0.2) is 8.78 Å². The van der Waals surface area contributed by atoms with Gasteiger partial charge in [-0.3, -0.25) is 9.48 Å². The van der Waals surface area contributed by atoms with Gasteiger partial charge in [-0.15, -0.1) is 0 Å². The third-order valence-electron chi connectivity index (χ3n) is 6.90. The standard InChI is InChI=1S/C28H24F2N4O2/c29-24-11-21(12-25(30)27(24)35)28(36)32-15-17-5-9-22(10-6-17)34-16-20-8-7-18(13-26(20)33-34)23-4-2-1-3-19(23)14-31/h1-4,7-8,11-13,16-17,22,35H,5-6,9-10,15H2,(H,32,36). The molecule has 1 aromatic heterocycles. The SMILES string of the molecule is N#Cc1ccccc1-c1ccc2cn(C3CCC(CNC(=O)c4cc(F)c(O)c(F)c4)CC3)nc2c1. The first-order valence-electron chi connectivity index (χ1n) is 11.9. The number of hydrogen-bond acceptors (Lipinski definition) is 4. The fourth-order valence-corrected chi connectivity index (χ4v) is 4.87. The lowest BCUT2D eigenvalue weighted by atomic mass is 9.86. The predicted molar refractivity (Wildman–Crippen MR) is 131 cm³/mol. The van der Waals surface area contributed by atoms with Crippen LogP contribution in [0.3, 0.4) is 0 Å². The van der Waals surface area contributed by atoms with Crippen LogP contribution in [-0.2, 0) is 0 Å². The maximum absolute atomic E-state index is 13.5. The fraction of sp³-hybridized carbons (Fsp3) is 0.250.